The van der Waals surface area contributed by atoms with Crippen molar-refractivity contribution < 1.29 is 4.79 Å². The van der Waals surface area contributed by atoms with Crippen molar-refractivity contribution in [3.8, 4) is 0 Å². The van der Waals surface area contributed by atoms with Gasteiger partial charge in [0.2, 0.25) is 0 Å². The van der Waals surface area contributed by atoms with Crippen LogP contribution in [0.25, 0.3) is 0 Å². The number of nitrogens with zero attached hydrogens (tertiary/aromatic N) is 1. The molecule has 122 valence electrons. The Morgan fingerprint density at radius 2 is 1.75 bits per heavy atom. The highest BCUT2D eigenvalue weighted by Gasteiger charge is 2.14. The van der Waals surface area contributed by atoms with Crippen molar-refractivity contribution in [3.63, 3.8) is 0 Å². The van der Waals surface area contributed by atoms with Gasteiger partial charge in [-0.15, -0.1) is 11.3 Å². The van der Waals surface area contributed by atoms with Gasteiger partial charge in [-0.25, -0.2) is 4.98 Å². The molecule has 1 amide bonds. The Kier molecular flexibility index (Phi) is 5.19. The van der Waals surface area contributed by atoms with Crippen LogP contribution in [0.2, 0.25) is 10.0 Å². The summed E-state index contributed by atoms with van der Waals surface area (Å²) in [5.74, 6) is -0.265. The Balaban J connectivity index is 1.78. The third kappa shape index (κ3) is 3.78. The number of benzene rings is 2. The number of amides is 1. The summed E-state index contributed by atoms with van der Waals surface area (Å²) in [6.45, 7) is 1.92. The van der Waals surface area contributed by atoms with E-state index in [1.165, 1.54) is 11.3 Å². The van der Waals surface area contributed by atoms with E-state index in [-0.39, 0.29) is 5.91 Å². The van der Waals surface area contributed by atoms with Gasteiger partial charge in [0.05, 0.1) is 16.3 Å². The van der Waals surface area contributed by atoms with Crippen LogP contribution in [-0.2, 0) is 6.42 Å². The van der Waals surface area contributed by atoms with Gasteiger partial charge in [-0.05, 0) is 30.7 Å². The van der Waals surface area contributed by atoms with E-state index in [4.69, 9.17) is 23.2 Å². The summed E-state index contributed by atoms with van der Waals surface area (Å²) in [5.41, 5.74) is 2.35. The summed E-state index contributed by atoms with van der Waals surface area (Å²) >= 11 is 13.7. The van der Waals surface area contributed by atoms with Gasteiger partial charge < -0.3 is 0 Å². The molecule has 3 nitrogen and oxygen atoms in total. The van der Waals surface area contributed by atoms with Crippen molar-refractivity contribution >= 4 is 45.6 Å². The van der Waals surface area contributed by atoms with Crippen LogP contribution in [0.3, 0.4) is 0 Å². The maximum Gasteiger partial charge on any atom is 0.258 e. The molecule has 1 N–H and O–H groups in total. The lowest BCUT2D eigenvalue weighted by molar-refractivity contribution is 0.102. The molecule has 0 saturated carbocycles. The zero-order valence-electron chi connectivity index (χ0n) is 12.8. The standard InChI is InChI=1S/C18H14Cl2N2OS/c1-11-16(10-12-6-2-4-8-14(12)19)24-18(21-11)22-17(23)13-7-3-5-9-15(13)20/h2-9H,10H2,1H3,(H,21,22,23). The molecule has 0 aliphatic heterocycles. The van der Waals surface area contributed by atoms with Gasteiger partial charge in [0, 0.05) is 16.3 Å². The zero-order chi connectivity index (χ0) is 17.1. The number of rotatable bonds is 4. The van der Waals surface area contributed by atoms with E-state index in [9.17, 15) is 4.79 Å². The number of carbonyl (C=O) groups is 1. The first-order valence-corrected chi connectivity index (χ1v) is 8.87. The summed E-state index contributed by atoms with van der Waals surface area (Å²) in [5, 5.41) is 4.51. The average molecular weight is 377 g/mol. The fourth-order valence-corrected chi connectivity index (χ4v) is 3.67. The van der Waals surface area contributed by atoms with Crippen LogP contribution in [-0.4, -0.2) is 10.9 Å². The van der Waals surface area contributed by atoms with Crippen LogP contribution < -0.4 is 5.32 Å². The maximum atomic E-state index is 12.3. The Bertz CT molecular complexity index is 892. The van der Waals surface area contributed by atoms with Gasteiger partial charge >= 0.3 is 0 Å². The van der Waals surface area contributed by atoms with Crippen LogP contribution in [0.5, 0.6) is 0 Å². The molecule has 0 saturated heterocycles. The molecule has 0 atom stereocenters. The molecule has 0 spiro atoms. The van der Waals surface area contributed by atoms with Gasteiger partial charge in [-0.3, -0.25) is 10.1 Å². The number of nitrogens with one attached hydrogen (secondary N) is 1. The molecule has 0 aliphatic carbocycles. The molecule has 0 radical (unpaired) electrons. The van der Waals surface area contributed by atoms with Crippen molar-refractivity contribution in [2.75, 3.05) is 5.32 Å². The number of halogens is 2. The Labute approximate surface area is 154 Å². The Hall–Kier alpha value is -1.88. The zero-order valence-corrected chi connectivity index (χ0v) is 15.2. The quantitative estimate of drug-likeness (QED) is 0.643. The molecule has 1 heterocycles. The third-order valence-corrected chi connectivity index (χ3v) is 5.31. The number of aryl methyl sites for hydroxylation is 1. The highest BCUT2D eigenvalue weighted by molar-refractivity contribution is 7.15. The monoisotopic (exact) mass is 376 g/mol. The second-order valence-corrected chi connectivity index (χ2v) is 7.13. The Morgan fingerprint density at radius 3 is 2.46 bits per heavy atom. The minimum atomic E-state index is -0.265. The summed E-state index contributed by atoms with van der Waals surface area (Å²) in [6.07, 6.45) is 0.686. The molecule has 0 fully saturated rings. The first-order chi connectivity index (χ1) is 11.5. The van der Waals surface area contributed by atoms with Gasteiger partial charge in [0.1, 0.15) is 0 Å². The van der Waals surface area contributed by atoms with Crippen molar-refractivity contribution in [2.45, 2.75) is 13.3 Å². The third-order valence-electron chi connectivity index (χ3n) is 3.54. The topological polar surface area (TPSA) is 42.0 Å². The molecule has 3 aromatic rings. The van der Waals surface area contributed by atoms with E-state index in [0.717, 1.165) is 21.2 Å². The summed E-state index contributed by atoms with van der Waals surface area (Å²) in [7, 11) is 0. The highest BCUT2D eigenvalue weighted by Crippen LogP contribution is 2.28. The van der Waals surface area contributed by atoms with Crippen LogP contribution in [0, 0.1) is 6.92 Å². The minimum absolute atomic E-state index is 0.265. The summed E-state index contributed by atoms with van der Waals surface area (Å²) in [6, 6.07) is 14.6. The van der Waals surface area contributed by atoms with Crippen molar-refractivity contribution in [1.82, 2.24) is 4.98 Å². The normalized spacial score (nSPS) is 10.6. The minimum Gasteiger partial charge on any atom is -0.298 e. The SMILES string of the molecule is Cc1nc(NC(=O)c2ccccc2Cl)sc1Cc1ccccc1Cl. The van der Waals surface area contributed by atoms with Gasteiger partial charge in [0.25, 0.3) is 5.91 Å². The lowest BCUT2D eigenvalue weighted by Crippen LogP contribution is -2.12. The number of carbonyl (C=O) groups excluding carboxylic acids is 1. The predicted molar refractivity (Wildman–Crippen MR) is 101 cm³/mol. The summed E-state index contributed by atoms with van der Waals surface area (Å²) < 4.78 is 0. The number of hydrogen-bond acceptors (Lipinski definition) is 3. The van der Waals surface area contributed by atoms with Crippen LogP contribution in [0.15, 0.2) is 48.5 Å². The second kappa shape index (κ2) is 7.34. The number of aromatic nitrogens is 1. The number of hydrogen-bond donors (Lipinski definition) is 1. The van der Waals surface area contributed by atoms with Crippen molar-refractivity contribution in [1.29, 1.82) is 0 Å². The molecule has 0 unspecified atom stereocenters. The smallest absolute Gasteiger partial charge is 0.258 e. The fraction of sp³-hybridized carbons (Fsp3) is 0.111. The van der Waals surface area contributed by atoms with Crippen molar-refractivity contribution in [3.05, 3.63) is 80.3 Å². The van der Waals surface area contributed by atoms with E-state index >= 15 is 0 Å². The second-order valence-electron chi connectivity index (χ2n) is 5.23. The van der Waals surface area contributed by atoms with Crippen LogP contribution in [0.1, 0.15) is 26.5 Å². The predicted octanol–water partition coefficient (Wildman–Crippen LogP) is 5.60. The van der Waals surface area contributed by atoms with E-state index in [1.54, 1.807) is 24.3 Å². The molecule has 6 heteroatoms. The van der Waals surface area contributed by atoms with Crippen LogP contribution in [0.4, 0.5) is 5.13 Å². The molecule has 1 aromatic heterocycles. The molecule has 2 aromatic carbocycles. The molecule has 3 rings (SSSR count). The van der Waals surface area contributed by atoms with Crippen molar-refractivity contribution in [2.24, 2.45) is 0 Å². The van der Waals surface area contributed by atoms with E-state index < -0.39 is 0 Å². The lowest BCUT2D eigenvalue weighted by atomic mass is 10.1. The molecule has 0 aliphatic rings. The first-order valence-electron chi connectivity index (χ1n) is 7.30. The van der Waals surface area contributed by atoms with E-state index in [2.05, 4.69) is 10.3 Å². The van der Waals surface area contributed by atoms with E-state index in [1.807, 2.05) is 31.2 Å². The molecule has 24 heavy (non-hydrogen) atoms. The summed E-state index contributed by atoms with van der Waals surface area (Å²) in [4.78, 5) is 17.8. The van der Waals surface area contributed by atoms with E-state index in [0.29, 0.717) is 22.1 Å². The Morgan fingerprint density at radius 1 is 1.08 bits per heavy atom. The van der Waals surface area contributed by atoms with Gasteiger partial charge in [-0.2, -0.15) is 0 Å². The van der Waals surface area contributed by atoms with Gasteiger partial charge in [0.15, 0.2) is 5.13 Å². The highest BCUT2D eigenvalue weighted by atomic mass is 35.5. The van der Waals surface area contributed by atoms with Gasteiger partial charge in [-0.1, -0.05) is 53.5 Å². The maximum absolute atomic E-state index is 12.3. The fourth-order valence-electron chi connectivity index (χ4n) is 2.27. The molecule has 0 bridgehead atoms. The molecular formula is C18H14Cl2N2OS. The number of anilines is 1. The van der Waals surface area contributed by atoms with Crippen LogP contribution >= 0.6 is 34.5 Å². The molecular weight excluding hydrogens is 363 g/mol. The average Bonchev–Trinajstić information content (AvgIpc) is 2.89. The number of thiazole rings is 1. The lowest BCUT2D eigenvalue weighted by Gasteiger charge is -2.03. The largest absolute Gasteiger partial charge is 0.298 e. The first kappa shape index (κ1) is 17.0.